The van der Waals surface area contributed by atoms with E-state index in [9.17, 15) is 0 Å². The summed E-state index contributed by atoms with van der Waals surface area (Å²) < 4.78 is 7.26. The van der Waals surface area contributed by atoms with Crippen molar-refractivity contribution >= 4 is 15.9 Å². The third-order valence-electron chi connectivity index (χ3n) is 4.34. The number of nitrogens with two attached hydrogens (primary N) is 1. The predicted molar refractivity (Wildman–Crippen MR) is 89.7 cm³/mol. The number of ether oxygens (including phenoxy) is 1. The molecule has 0 fully saturated rings. The van der Waals surface area contributed by atoms with Gasteiger partial charge in [0.15, 0.2) is 0 Å². The summed E-state index contributed by atoms with van der Waals surface area (Å²) in [5.41, 5.74) is 12.6. The Morgan fingerprint density at radius 1 is 1.00 bits per heavy atom. The van der Waals surface area contributed by atoms with Gasteiger partial charge in [0, 0.05) is 22.5 Å². The maximum Gasteiger partial charge on any atom is 0.126 e. The summed E-state index contributed by atoms with van der Waals surface area (Å²) in [5.74, 6) is 0.902. The minimum absolute atomic E-state index is 0.0114. The number of benzene rings is 2. The Kier molecular flexibility index (Phi) is 3.80. The SMILES string of the molecule is Cc1cc(C)c(C2C[C@H](N)c3cc(Br)ccc3O2)cc1C. The van der Waals surface area contributed by atoms with Crippen molar-refractivity contribution < 1.29 is 4.74 Å². The second kappa shape index (κ2) is 5.47. The maximum atomic E-state index is 6.36. The van der Waals surface area contributed by atoms with E-state index >= 15 is 0 Å². The van der Waals surface area contributed by atoms with Crippen LogP contribution in [0, 0.1) is 20.8 Å². The van der Waals surface area contributed by atoms with Crippen molar-refractivity contribution in [2.45, 2.75) is 39.3 Å². The highest BCUT2D eigenvalue weighted by atomic mass is 79.9. The normalized spacial score (nSPS) is 20.8. The van der Waals surface area contributed by atoms with Gasteiger partial charge in [0.25, 0.3) is 0 Å². The van der Waals surface area contributed by atoms with E-state index in [0.29, 0.717) is 0 Å². The smallest absolute Gasteiger partial charge is 0.126 e. The Labute approximate surface area is 134 Å². The van der Waals surface area contributed by atoms with Crippen molar-refractivity contribution in [1.82, 2.24) is 0 Å². The molecule has 1 aliphatic rings. The molecule has 0 bridgehead atoms. The van der Waals surface area contributed by atoms with Gasteiger partial charge in [-0.15, -0.1) is 0 Å². The van der Waals surface area contributed by atoms with E-state index in [4.69, 9.17) is 10.5 Å². The molecule has 2 N–H and O–H groups in total. The molecule has 2 nitrogen and oxygen atoms in total. The average Bonchev–Trinajstić information content (AvgIpc) is 2.43. The Bertz CT molecular complexity index is 696. The minimum Gasteiger partial charge on any atom is -0.485 e. The molecule has 1 heterocycles. The molecule has 21 heavy (non-hydrogen) atoms. The number of hydrogen-bond acceptors (Lipinski definition) is 2. The number of aryl methyl sites for hydroxylation is 3. The van der Waals surface area contributed by atoms with Gasteiger partial charge in [-0.05, 0) is 61.2 Å². The van der Waals surface area contributed by atoms with Gasteiger partial charge in [-0.25, -0.2) is 0 Å². The second-order valence-electron chi connectivity index (χ2n) is 5.92. The van der Waals surface area contributed by atoms with Crippen LogP contribution in [0.15, 0.2) is 34.8 Å². The van der Waals surface area contributed by atoms with Gasteiger partial charge in [0.2, 0.25) is 0 Å². The molecule has 2 aromatic rings. The molecule has 0 saturated carbocycles. The summed E-state index contributed by atoms with van der Waals surface area (Å²) in [5, 5.41) is 0. The van der Waals surface area contributed by atoms with Gasteiger partial charge in [-0.3, -0.25) is 0 Å². The molecule has 1 aliphatic heterocycles. The molecule has 0 amide bonds. The minimum atomic E-state index is 0.0114. The van der Waals surface area contributed by atoms with Gasteiger partial charge in [-0.1, -0.05) is 28.1 Å². The lowest BCUT2D eigenvalue weighted by atomic mass is 9.90. The first kappa shape index (κ1) is 14.6. The zero-order chi connectivity index (χ0) is 15.1. The molecule has 3 heteroatoms. The maximum absolute atomic E-state index is 6.36. The first-order valence-electron chi connectivity index (χ1n) is 7.25. The predicted octanol–water partition coefficient (Wildman–Crippen LogP) is 4.90. The molecular weight excluding hydrogens is 326 g/mol. The second-order valence-corrected chi connectivity index (χ2v) is 6.84. The van der Waals surface area contributed by atoms with E-state index in [1.54, 1.807) is 0 Å². The lowest BCUT2D eigenvalue weighted by molar-refractivity contribution is 0.161. The van der Waals surface area contributed by atoms with Crippen molar-refractivity contribution in [2.75, 3.05) is 0 Å². The fourth-order valence-electron chi connectivity index (χ4n) is 3.00. The highest BCUT2D eigenvalue weighted by Gasteiger charge is 2.28. The van der Waals surface area contributed by atoms with E-state index in [2.05, 4.69) is 54.9 Å². The van der Waals surface area contributed by atoms with Crippen molar-refractivity contribution in [1.29, 1.82) is 0 Å². The lowest BCUT2D eigenvalue weighted by Gasteiger charge is -2.32. The highest BCUT2D eigenvalue weighted by molar-refractivity contribution is 9.10. The zero-order valence-corrected chi connectivity index (χ0v) is 14.2. The van der Waals surface area contributed by atoms with Crippen LogP contribution < -0.4 is 10.5 Å². The van der Waals surface area contributed by atoms with Crippen molar-refractivity contribution in [3.63, 3.8) is 0 Å². The van der Waals surface area contributed by atoms with E-state index in [0.717, 1.165) is 22.2 Å². The lowest BCUT2D eigenvalue weighted by Crippen LogP contribution is -2.24. The first-order valence-corrected chi connectivity index (χ1v) is 8.04. The molecule has 0 spiro atoms. The molecule has 3 rings (SSSR count). The van der Waals surface area contributed by atoms with Crippen LogP contribution >= 0.6 is 15.9 Å². The number of halogens is 1. The van der Waals surface area contributed by atoms with Crippen LogP contribution in [0.4, 0.5) is 0 Å². The average molecular weight is 346 g/mol. The van der Waals surface area contributed by atoms with Gasteiger partial charge < -0.3 is 10.5 Å². The number of rotatable bonds is 1. The van der Waals surface area contributed by atoms with Crippen LogP contribution in [0.25, 0.3) is 0 Å². The largest absolute Gasteiger partial charge is 0.485 e. The Balaban J connectivity index is 1.99. The fourth-order valence-corrected chi connectivity index (χ4v) is 3.37. The van der Waals surface area contributed by atoms with Crippen LogP contribution in [0.1, 0.15) is 46.4 Å². The Morgan fingerprint density at radius 2 is 1.71 bits per heavy atom. The van der Waals surface area contributed by atoms with Crippen LogP contribution in [-0.2, 0) is 0 Å². The van der Waals surface area contributed by atoms with Crippen LogP contribution in [0.3, 0.4) is 0 Å². The summed E-state index contributed by atoms with van der Waals surface area (Å²) in [6.45, 7) is 6.44. The van der Waals surface area contributed by atoms with Crippen LogP contribution in [0.2, 0.25) is 0 Å². The number of fused-ring (bicyclic) bond motifs is 1. The molecule has 0 aromatic heterocycles. The van der Waals surface area contributed by atoms with Crippen molar-refractivity contribution in [2.24, 2.45) is 5.73 Å². The summed E-state index contributed by atoms with van der Waals surface area (Å²) in [4.78, 5) is 0. The Hall–Kier alpha value is -1.32. The van der Waals surface area contributed by atoms with Crippen molar-refractivity contribution in [3.05, 3.63) is 62.6 Å². The summed E-state index contributed by atoms with van der Waals surface area (Å²) in [6, 6.07) is 10.5. The summed E-state index contributed by atoms with van der Waals surface area (Å²) >= 11 is 3.50. The van der Waals surface area contributed by atoms with Gasteiger partial charge in [0.05, 0.1) is 0 Å². The topological polar surface area (TPSA) is 35.2 Å². The van der Waals surface area contributed by atoms with E-state index in [1.807, 2.05) is 12.1 Å². The molecule has 0 aliphatic carbocycles. The third-order valence-corrected chi connectivity index (χ3v) is 4.83. The molecule has 110 valence electrons. The van der Waals surface area contributed by atoms with E-state index in [1.165, 1.54) is 22.3 Å². The van der Waals surface area contributed by atoms with Gasteiger partial charge in [0.1, 0.15) is 11.9 Å². The highest BCUT2D eigenvalue weighted by Crippen LogP contribution is 2.41. The molecular formula is C18H20BrNO. The molecule has 0 saturated heterocycles. The molecule has 2 aromatic carbocycles. The van der Waals surface area contributed by atoms with Gasteiger partial charge in [-0.2, -0.15) is 0 Å². The first-order chi connectivity index (χ1) is 9.95. The Morgan fingerprint density at radius 3 is 2.48 bits per heavy atom. The quantitative estimate of drug-likeness (QED) is 0.797. The zero-order valence-electron chi connectivity index (χ0n) is 12.6. The monoisotopic (exact) mass is 345 g/mol. The molecule has 2 atom stereocenters. The summed E-state index contributed by atoms with van der Waals surface area (Å²) in [7, 11) is 0. The molecule has 0 radical (unpaired) electrons. The third kappa shape index (κ3) is 2.72. The van der Waals surface area contributed by atoms with E-state index in [-0.39, 0.29) is 12.1 Å². The standard InChI is InChI=1S/C18H20BrNO/c1-10-6-12(3)14(7-11(10)2)18-9-16(20)15-8-13(19)4-5-17(15)21-18/h4-8,16,18H,9,20H2,1-3H3/t16-,18?/m0/s1. The summed E-state index contributed by atoms with van der Waals surface area (Å²) in [6.07, 6.45) is 0.847. The van der Waals surface area contributed by atoms with Gasteiger partial charge >= 0.3 is 0 Å². The molecule has 1 unspecified atom stereocenters. The van der Waals surface area contributed by atoms with Crippen LogP contribution in [0.5, 0.6) is 5.75 Å². The van der Waals surface area contributed by atoms with Crippen molar-refractivity contribution in [3.8, 4) is 5.75 Å². The van der Waals surface area contributed by atoms with E-state index < -0.39 is 0 Å². The van der Waals surface area contributed by atoms with Crippen LogP contribution in [-0.4, -0.2) is 0 Å². The number of hydrogen-bond donors (Lipinski definition) is 1. The fraction of sp³-hybridized carbons (Fsp3) is 0.333.